The first kappa shape index (κ1) is 16.1. The minimum atomic E-state index is -3.46. The molecule has 0 unspecified atom stereocenters. The van der Waals surface area contributed by atoms with Crippen molar-refractivity contribution >= 4 is 32.7 Å². The Hall–Kier alpha value is -1.74. The highest BCUT2D eigenvalue weighted by Gasteiger charge is 2.15. The van der Waals surface area contributed by atoms with E-state index in [2.05, 4.69) is 9.71 Å². The van der Waals surface area contributed by atoms with Crippen LogP contribution in [-0.4, -0.2) is 20.5 Å². The largest absolute Gasteiger partial charge is 0.497 e. The van der Waals surface area contributed by atoms with Gasteiger partial charge < -0.3 is 4.74 Å². The summed E-state index contributed by atoms with van der Waals surface area (Å²) in [6.45, 7) is 0.174. The van der Waals surface area contributed by atoms with E-state index in [0.29, 0.717) is 9.90 Å². The molecule has 0 saturated heterocycles. The van der Waals surface area contributed by atoms with E-state index in [-0.39, 0.29) is 6.54 Å². The molecule has 0 bridgehead atoms. The lowest BCUT2D eigenvalue weighted by Crippen LogP contribution is -2.22. The summed E-state index contributed by atoms with van der Waals surface area (Å²) in [5.74, 6) is 0.786. The third-order valence-electron chi connectivity index (χ3n) is 3.09. The Morgan fingerprint density at radius 2 is 1.96 bits per heavy atom. The van der Waals surface area contributed by atoms with E-state index in [4.69, 9.17) is 4.74 Å². The molecule has 0 aliphatic carbocycles. The van der Waals surface area contributed by atoms with Crippen LogP contribution < -0.4 is 9.46 Å². The summed E-state index contributed by atoms with van der Waals surface area (Å²) >= 11 is 2.67. The number of methoxy groups -OCH3 is 1. The minimum Gasteiger partial charge on any atom is -0.497 e. The van der Waals surface area contributed by atoms with E-state index in [1.807, 2.05) is 29.6 Å². The molecule has 23 heavy (non-hydrogen) atoms. The molecule has 5 nitrogen and oxygen atoms in total. The van der Waals surface area contributed by atoms with Crippen LogP contribution >= 0.6 is 22.7 Å². The van der Waals surface area contributed by atoms with Crippen LogP contribution in [0.1, 0.15) is 5.69 Å². The first-order valence-corrected chi connectivity index (χ1v) is 9.95. The molecule has 8 heteroatoms. The first-order chi connectivity index (χ1) is 11.1. The third kappa shape index (κ3) is 3.78. The van der Waals surface area contributed by atoms with Crippen LogP contribution in [0.25, 0.3) is 10.6 Å². The van der Waals surface area contributed by atoms with Crippen molar-refractivity contribution < 1.29 is 13.2 Å². The number of ether oxygens (including phenoxy) is 1. The Morgan fingerprint density at radius 3 is 2.61 bits per heavy atom. The van der Waals surface area contributed by atoms with Gasteiger partial charge in [0, 0.05) is 10.9 Å². The Kier molecular flexibility index (Phi) is 4.76. The highest BCUT2D eigenvalue weighted by atomic mass is 32.2. The zero-order chi connectivity index (χ0) is 16.3. The Bertz CT molecular complexity index is 869. The number of thiophene rings is 1. The quantitative estimate of drug-likeness (QED) is 0.726. The van der Waals surface area contributed by atoms with Crippen molar-refractivity contribution in [2.24, 2.45) is 0 Å². The van der Waals surface area contributed by atoms with E-state index < -0.39 is 10.0 Å². The summed E-state index contributed by atoms with van der Waals surface area (Å²) in [6.07, 6.45) is 0. The number of hydrogen-bond acceptors (Lipinski definition) is 6. The number of aromatic nitrogens is 1. The summed E-state index contributed by atoms with van der Waals surface area (Å²) in [5, 5.41) is 4.44. The molecule has 2 heterocycles. The molecular formula is C15H14N2O3S3. The highest BCUT2D eigenvalue weighted by Crippen LogP contribution is 2.26. The second kappa shape index (κ2) is 6.79. The van der Waals surface area contributed by atoms with Crippen molar-refractivity contribution in [3.8, 4) is 16.3 Å². The predicted octanol–water partition coefficient (Wildman–Crippen LogP) is 3.36. The van der Waals surface area contributed by atoms with Crippen LogP contribution in [0.5, 0.6) is 5.75 Å². The van der Waals surface area contributed by atoms with Crippen molar-refractivity contribution in [2.45, 2.75) is 10.8 Å². The number of thiazole rings is 1. The zero-order valence-electron chi connectivity index (χ0n) is 12.2. The lowest BCUT2D eigenvalue weighted by Gasteiger charge is -2.02. The van der Waals surface area contributed by atoms with Gasteiger partial charge in [0.05, 0.1) is 19.3 Å². The SMILES string of the molecule is COc1ccc(-c2nc(CNS(=O)(=O)c3cccs3)cs2)cc1. The molecule has 3 rings (SSSR count). The van der Waals surface area contributed by atoms with E-state index in [1.54, 1.807) is 24.6 Å². The maximum absolute atomic E-state index is 12.1. The van der Waals surface area contributed by atoms with Crippen LogP contribution in [0.15, 0.2) is 51.4 Å². The summed E-state index contributed by atoms with van der Waals surface area (Å²) < 4.78 is 32.2. The Balaban J connectivity index is 1.70. The Labute approximate surface area is 142 Å². The van der Waals surface area contributed by atoms with Gasteiger partial charge in [-0.25, -0.2) is 18.1 Å². The molecule has 0 aliphatic rings. The zero-order valence-corrected chi connectivity index (χ0v) is 14.7. The number of nitrogens with zero attached hydrogens (tertiary/aromatic N) is 1. The highest BCUT2D eigenvalue weighted by molar-refractivity contribution is 7.91. The molecule has 1 N–H and O–H groups in total. The second-order valence-electron chi connectivity index (χ2n) is 4.63. The summed E-state index contributed by atoms with van der Waals surface area (Å²) in [5.41, 5.74) is 1.67. The van der Waals surface area contributed by atoms with Crippen LogP contribution in [0.2, 0.25) is 0 Å². The Morgan fingerprint density at radius 1 is 1.17 bits per heavy atom. The molecule has 120 valence electrons. The maximum atomic E-state index is 12.1. The monoisotopic (exact) mass is 366 g/mol. The molecule has 0 spiro atoms. The molecule has 1 aromatic carbocycles. The normalized spacial score (nSPS) is 11.5. The molecule has 0 aliphatic heterocycles. The van der Waals surface area contributed by atoms with Gasteiger partial charge >= 0.3 is 0 Å². The molecule has 0 fully saturated rings. The van der Waals surface area contributed by atoms with Gasteiger partial charge in [-0.15, -0.1) is 22.7 Å². The third-order valence-corrected chi connectivity index (χ3v) is 6.83. The van der Waals surface area contributed by atoms with Crippen LogP contribution in [0.4, 0.5) is 0 Å². The lowest BCUT2D eigenvalue weighted by molar-refractivity contribution is 0.415. The number of benzene rings is 1. The number of sulfonamides is 1. The fourth-order valence-electron chi connectivity index (χ4n) is 1.91. The molecule has 0 saturated carbocycles. The standard InChI is InChI=1S/C15H14N2O3S3/c1-20-13-6-4-11(5-7-13)15-17-12(10-22-15)9-16-23(18,19)14-3-2-8-21-14/h2-8,10,16H,9H2,1H3. The number of rotatable bonds is 6. The fourth-order valence-corrected chi connectivity index (χ4v) is 4.77. The van der Waals surface area contributed by atoms with Gasteiger partial charge in [-0.05, 0) is 35.7 Å². The van der Waals surface area contributed by atoms with Gasteiger partial charge in [0.25, 0.3) is 0 Å². The minimum absolute atomic E-state index is 0.174. The topological polar surface area (TPSA) is 68.3 Å². The summed E-state index contributed by atoms with van der Waals surface area (Å²) in [6, 6.07) is 10.9. The average molecular weight is 366 g/mol. The summed E-state index contributed by atoms with van der Waals surface area (Å²) in [7, 11) is -1.84. The van der Waals surface area contributed by atoms with Crippen molar-refractivity contribution in [3.05, 3.63) is 52.9 Å². The molecule has 3 aromatic rings. The van der Waals surface area contributed by atoms with E-state index in [0.717, 1.165) is 16.3 Å². The predicted molar refractivity (Wildman–Crippen MR) is 92.4 cm³/mol. The van der Waals surface area contributed by atoms with E-state index in [9.17, 15) is 8.42 Å². The summed E-state index contributed by atoms with van der Waals surface area (Å²) in [4.78, 5) is 4.47. The maximum Gasteiger partial charge on any atom is 0.250 e. The van der Waals surface area contributed by atoms with Gasteiger partial charge in [-0.1, -0.05) is 6.07 Å². The van der Waals surface area contributed by atoms with Crippen molar-refractivity contribution in [1.82, 2.24) is 9.71 Å². The molecule has 0 radical (unpaired) electrons. The van der Waals surface area contributed by atoms with Gasteiger partial charge in [0.2, 0.25) is 10.0 Å². The van der Waals surface area contributed by atoms with Gasteiger partial charge in [-0.3, -0.25) is 0 Å². The molecule has 2 aromatic heterocycles. The van der Waals surface area contributed by atoms with Crippen LogP contribution in [-0.2, 0) is 16.6 Å². The van der Waals surface area contributed by atoms with Gasteiger partial charge in [0.1, 0.15) is 15.0 Å². The van der Waals surface area contributed by atoms with Crippen molar-refractivity contribution in [3.63, 3.8) is 0 Å². The molecule has 0 atom stereocenters. The van der Waals surface area contributed by atoms with Crippen LogP contribution in [0.3, 0.4) is 0 Å². The molecular weight excluding hydrogens is 352 g/mol. The van der Waals surface area contributed by atoms with Crippen molar-refractivity contribution in [1.29, 1.82) is 0 Å². The number of hydrogen-bond donors (Lipinski definition) is 1. The van der Waals surface area contributed by atoms with Crippen molar-refractivity contribution in [2.75, 3.05) is 7.11 Å². The lowest BCUT2D eigenvalue weighted by atomic mass is 10.2. The first-order valence-electron chi connectivity index (χ1n) is 6.70. The van der Waals surface area contributed by atoms with Gasteiger partial charge in [-0.2, -0.15) is 0 Å². The molecule has 0 amide bonds. The average Bonchev–Trinajstić information content (AvgIpc) is 3.25. The van der Waals surface area contributed by atoms with E-state index in [1.165, 1.54) is 22.7 Å². The second-order valence-corrected chi connectivity index (χ2v) is 8.43. The van der Waals surface area contributed by atoms with Gasteiger partial charge in [0.15, 0.2) is 0 Å². The van der Waals surface area contributed by atoms with E-state index >= 15 is 0 Å². The fraction of sp³-hybridized carbons (Fsp3) is 0.133. The van der Waals surface area contributed by atoms with Crippen LogP contribution in [0, 0.1) is 0 Å². The number of nitrogens with one attached hydrogen (secondary N) is 1. The smallest absolute Gasteiger partial charge is 0.250 e.